The summed E-state index contributed by atoms with van der Waals surface area (Å²) in [5.74, 6) is -1.18. The first-order valence-electron chi connectivity index (χ1n) is 14.7. The van der Waals surface area contributed by atoms with Gasteiger partial charge in [-0.05, 0) is 76.8 Å². The Morgan fingerprint density at radius 2 is 1.81 bits per heavy atom. The maximum absolute atomic E-state index is 14.9. The molecule has 226 valence electrons. The molecule has 1 aliphatic carbocycles. The Bertz CT molecular complexity index is 1390. The molecule has 0 radical (unpaired) electrons. The highest BCUT2D eigenvalue weighted by Crippen LogP contribution is 2.37. The number of benzene rings is 2. The number of rotatable bonds is 11. The smallest absolute Gasteiger partial charge is 0.408 e. The Morgan fingerprint density at radius 3 is 2.48 bits per heavy atom. The van der Waals surface area contributed by atoms with Crippen LogP contribution in [0.3, 0.4) is 0 Å². The lowest BCUT2D eigenvalue weighted by molar-refractivity contribution is -0.146. The monoisotopic (exact) mass is 581 g/mol. The van der Waals surface area contributed by atoms with Crippen molar-refractivity contribution in [1.82, 2.24) is 15.1 Å². The third-order valence-corrected chi connectivity index (χ3v) is 7.06. The van der Waals surface area contributed by atoms with Gasteiger partial charge in [0.05, 0.1) is 12.6 Å². The van der Waals surface area contributed by atoms with E-state index in [2.05, 4.69) is 5.32 Å². The second-order valence-corrected chi connectivity index (χ2v) is 11.6. The molecule has 1 fully saturated rings. The normalized spacial score (nSPS) is 14.5. The number of unbranched alkanes of at least 4 members (excludes halogenated alkanes) is 1. The summed E-state index contributed by atoms with van der Waals surface area (Å²) >= 11 is 0. The molecule has 1 unspecified atom stereocenters. The van der Waals surface area contributed by atoms with Crippen LogP contribution in [0.15, 0.2) is 42.5 Å². The number of esters is 2. The van der Waals surface area contributed by atoms with Crippen molar-refractivity contribution in [2.24, 2.45) is 0 Å². The third-order valence-electron chi connectivity index (χ3n) is 7.06. The molecular formula is C32H40FN3O6. The summed E-state index contributed by atoms with van der Waals surface area (Å²) in [4.78, 5) is 37.5. The first-order valence-corrected chi connectivity index (χ1v) is 14.7. The van der Waals surface area contributed by atoms with Gasteiger partial charge in [-0.2, -0.15) is 5.10 Å². The molecule has 1 N–H and O–H groups in total. The molecule has 10 heteroatoms. The van der Waals surface area contributed by atoms with E-state index in [1.165, 1.54) is 6.07 Å². The zero-order valence-corrected chi connectivity index (χ0v) is 24.8. The average molecular weight is 582 g/mol. The second-order valence-electron chi connectivity index (χ2n) is 11.6. The minimum atomic E-state index is -1.06. The number of amides is 1. The van der Waals surface area contributed by atoms with Crippen LogP contribution in [-0.2, 0) is 19.1 Å². The van der Waals surface area contributed by atoms with Crippen LogP contribution in [0.25, 0.3) is 22.2 Å². The molecule has 42 heavy (non-hydrogen) atoms. The largest absolute Gasteiger partial charge is 0.464 e. The Hall–Kier alpha value is -3.95. The topological polar surface area (TPSA) is 109 Å². The molecule has 1 saturated carbocycles. The average Bonchev–Trinajstić information content (AvgIpc) is 3.60. The van der Waals surface area contributed by atoms with Crippen LogP contribution in [0.5, 0.6) is 5.75 Å². The number of para-hydroxylation sites is 1. The Kier molecular flexibility index (Phi) is 10.2. The van der Waals surface area contributed by atoms with Gasteiger partial charge in [-0.1, -0.05) is 38.3 Å². The number of nitrogens with zero attached hydrogens (tertiary/aromatic N) is 2. The first kappa shape index (κ1) is 31.0. The van der Waals surface area contributed by atoms with Gasteiger partial charge in [-0.15, -0.1) is 0 Å². The quantitative estimate of drug-likeness (QED) is 0.149. The van der Waals surface area contributed by atoms with Crippen molar-refractivity contribution in [2.45, 2.75) is 96.7 Å². The van der Waals surface area contributed by atoms with E-state index in [-0.39, 0.29) is 31.3 Å². The maximum Gasteiger partial charge on any atom is 0.408 e. The summed E-state index contributed by atoms with van der Waals surface area (Å²) in [6, 6.07) is 11.0. The number of hydrogen-bond donors (Lipinski definition) is 1. The fourth-order valence-electron chi connectivity index (χ4n) is 5.02. The number of alkyl carbamates (subject to hydrolysis) is 1. The number of halogens is 1. The number of ether oxygens (including phenoxy) is 3. The summed E-state index contributed by atoms with van der Waals surface area (Å²) in [6.45, 7) is 7.33. The van der Waals surface area contributed by atoms with Gasteiger partial charge in [-0.25, -0.2) is 14.0 Å². The molecular weight excluding hydrogens is 541 g/mol. The van der Waals surface area contributed by atoms with Gasteiger partial charge < -0.3 is 19.5 Å². The van der Waals surface area contributed by atoms with Gasteiger partial charge in [0.15, 0.2) is 0 Å². The standard InChI is InChI=1S/C32H40FN3O6/c1-5-6-20-40-30(38)26(34-31(39)42-32(2,3)4)18-19-27(37)41-23-16-14-21(15-17-23)28-24-12-9-13-25(33)29(24)36(35-28)22-10-7-8-11-22/h9,12-17,22,26H,5-8,10-11,18-20H2,1-4H3,(H,34,39). The van der Waals surface area contributed by atoms with E-state index < -0.39 is 29.7 Å². The predicted octanol–water partition coefficient (Wildman–Crippen LogP) is 6.88. The van der Waals surface area contributed by atoms with Gasteiger partial charge in [0.2, 0.25) is 0 Å². The van der Waals surface area contributed by atoms with Gasteiger partial charge in [0.1, 0.15) is 34.4 Å². The molecule has 4 rings (SSSR count). The molecule has 0 saturated heterocycles. The van der Waals surface area contributed by atoms with Gasteiger partial charge in [0, 0.05) is 17.4 Å². The number of hydrogen-bond acceptors (Lipinski definition) is 7. The van der Waals surface area contributed by atoms with E-state index in [4.69, 9.17) is 19.3 Å². The van der Waals surface area contributed by atoms with Gasteiger partial charge in [-0.3, -0.25) is 9.48 Å². The molecule has 0 bridgehead atoms. The van der Waals surface area contributed by atoms with Crippen molar-refractivity contribution in [3.05, 3.63) is 48.3 Å². The van der Waals surface area contributed by atoms with E-state index >= 15 is 0 Å². The van der Waals surface area contributed by atoms with E-state index in [0.717, 1.165) is 43.1 Å². The predicted molar refractivity (Wildman–Crippen MR) is 157 cm³/mol. The summed E-state index contributed by atoms with van der Waals surface area (Å²) in [6.07, 6.45) is 4.77. The highest BCUT2D eigenvalue weighted by atomic mass is 19.1. The Morgan fingerprint density at radius 1 is 1.10 bits per heavy atom. The van der Waals surface area contributed by atoms with Crippen molar-refractivity contribution in [3.63, 3.8) is 0 Å². The van der Waals surface area contributed by atoms with E-state index in [0.29, 0.717) is 23.4 Å². The number of carbonyl (C=O) groups is 3. The molecule has 9 nitrogen and oxygen atoms in total. The lowest BCUT2D eigenvalue weighted by Crippen LogP contribution is -2.44. The van der Waals surface area contributed by atoms with Crippen molar-refractivity contribution >= 4 is 28.9 Å². The van der Waals surface area contributed by atoms with E-state index in [1.807, 2.05) is 17.7 Å². The molecule has 0 spiro atoms. The van der Waals surface area contributed by atoms with Crippen LogP contribution in [0.2, 0.25) is 0 Å². The Labute approximate surface area is 245 Å². The molecule has 1 amide bonds. The summed E-state index contributed by atoms with van der Waals surface area (Å²) in [7, 11) is 0. The number of aromatic nitrogens is 2. The zero-order chi connectivity index (χ0) is 30.3. The van der Waals surface area contributed by atoms with Crippen LogP contribution < -0.4 is 10.1 Å². The summed E-state index contributed by atoms with van der Waals surface area (Å²) in [5.41, 5.74) is 1.21. The fraction of sp³-hybridized carbons (Fsp3) is 0.500. The number of carbonyl (C=O) groups excluding carboxylic acids is 3. The van der Waals surface area contributed by atoms with Crippen molar-refractivity contribution in [3.8, 4) is 17.0 Å². The van der Waals surface area contributed by atoms with Crippen molar-refractivity contribution in [1.29, 1.82) is 0 Å². The van der Waals surface area contributed by atoms with Crippen molar-refractivity contribution < 1.29 is 33.0 Å². The highest BCUT2D eigenvalue weighted by molar-refractivity contribution is 5.94. The number of fused-ring (bicyclic) bond motifs is 1. The molecule has 1 aliphatic rings. The summed E-state index contributed by atoms with van der Waals surface area (Å²) in [5, 5.41) is 8.05. The lowest BCUT2D eigenvalue weighted by atomic mass is 10.1. The van der Waals surface area contributed by atoms with Crippen LogP contribution in [-0.4, -0.2) is 46.1 Å². The number of nitrogens with one attached hydrogen (secondary N) is 1. The van der Waals surface area contributed by atoms with Crippen LogP contribution in [0.1, 0.15) is 85.1 Å². The van der Waals surface area contributed by atoms with Gasteiger partial charge in [0.25, 0.3) is 0 Å². The second kappa shape index (κ2) is 13.8. The van der Waals surface area contributed by atoms with E-state index in [9.17, 15) is 18.8 Å². The maximum atomic E-state index is 14.9. The lowest BCUT2D eigenvalue weighted by Gasteiger charge is -2.22. The summed E-state index contributed by atoms with van der Waals surface area (Å²) < 4.78 is 32.7. The zero-order valence-electron chi connectivity index (χ0n) is 24.8. The molecule has 1 atom stereocenters. The SMILES string of the molecule is CCCCOC(=O)C(CCC(=O)Oc1ccc(-c2nn(C3CCCC3)c3c(F)cccc23)cc1)NC(=O)OC(C)(C)C. The minimum absolute atomic E-state index is 0.0166. The van der Waals surface area contributed by atoms with E-state index in [1.54, 1.807) is 51.1 Å². The Balaban J connectivity index is 1.41. The van der Waals surface area contributed by atoms with Crippen LogP contribution in [0, 0.1) is 5.82 Å². The van der Waals surface area contributed by atoms with Crippen LogP contribution in [0.4, 0.5) is 9.18 Å². The highest BCUT2D eigenvalue weighted by Gasteiger charge is 2.27. The van der Waals surface area contributed by atoms with Crippen molar-refractivity contribution in [2.75, 3.05) is 6.61 Å². The van der Waals surface area contributed by atoms with Crippen LogP contribution >= 0.6 is 0 Å². The fourth-order valence-corrected chi connectivity index (χ4v) is 5.02. The third kappa shape index (κ3) is 8.08. The molecule has 0 aliphatic heterocycles. The molecule has 1 heterocycles. The molecule has 3 aromatic rings. The van der Waals surface area contributed by atoms with Gasteiger partial charge >= 0.3 is 18.0 Å². The minimum Gasteiger partial charge on any atom is -0.464 e. The first-order chi connectivity index (χ1) is 20.1. The molecule has 1 aromatic heterocycles. The molecule has 2 aromatic carbocycles.